The van der Waals surface area contributed by atoms with Crippen LogP contribution in [0.3, 0.4) is 0 Å². The molecule has 1 aliphatic rings. The number of rotatable bonds is 5. The summed E-state index contributed by atoms with van der Waals surface area (Å²) in [6, 6.07) is 3.63. The summed E-state index contributed by atoms with van der Waals surface area (Å²) in [5.41, 5.74) is 0.236. The Morgan fingerprint density at radius 3 is 2.71 bits per heavy atom. The first-order chi connectivity index (χ1) is 9.97. The van der Waals surface area contributed by atoms with E-state index in [4.69, 9.17) is 11.6 Å². The lowest BCUT2D eigenvalue weighted by Gasteiger charge is -2.10. The van der Waals surface area contributed by atoms with Crippen molar-refractivity contribution in [2.75, 3.05) is 11.9 Å². The number of aliphatic hydroxyl groups excluding tert-OH is 1. The summed E-state index contributed by atoms with van der Waals surface area (Å²) in [6.45, 7) is 0.230. The van der Waals surface area contributed by atoms with E-state index >= 15 is 0 Å². The molecule has 2 rings (SSSR count). The molecule has 1 atom stereocenters. The van der Waals surface area contributed by atoms with Crippen molar-refractivity contribution in [2.24, 2.45) is 5.92 Å². The Labute approximate surface area is 126 Å². The number of hydrogen-bond donors (Lipinski definition) is 3. The molecule has 0 aliphatic heterocycles. The lowest BCUT2D eigenvalue weighted by Crippen LogP contribution is -2.37. The zero-order chi connectivity index (χ0) is 15.4. The highest BCUT2D eigenvalue weighted by molar-refractivity contribution is 6.39. The summed E-state index contributed by atoms with van der Waals surface area (Å²) < 4.78 is 13.0. The number of anilines is 1. The van der Waals surface area contributed by atoms with Gasteiger partial charge in [0.05, 0.1) is 11.1 Å². The molecule has 1 aromatic carbocycles. The second-order valence-corrected chi connectivity index (χ2v) is 5.44. The Bertz CT molecular complexity index is 549. The molecular weight excluding hydrogens is 299 g/mol. The molecule has 21 heavy (non-hydrogen) atoms. The molecule has 0 heterocycles. The Kier molecular flexibility index (Phi) is 5.14. The van der Waals surface area contributed by atoms with E-state index in [0.29, 0.717) is 12.3 Å². The van der Waals surface area contributed by atoms with Crippen LogP contribution in [0.4, 0.5) is 10.1 Å². The molecule has 7 heteroatoms. The van der Waals surface area contributed by atoms with Crippen LogP contribution in [0.15, 0.2) is 18.2 Å². The van der Waals surface area contributed by atoms with Crippen LogP contribution in [-0.2, 0) is 9.59 Å². The molecule has 0 saturated heterocycles. The van der Waals surface area contributed by atoms with Gasteiger partial charge in [0.25, 0.3) is 0 Å². The number of carbonyl (C=O) groups excluding carboxylic acids is 2. The predicted molar refractivity (Wildman–Crippen MR) is 76.4 cm³/mol. The summed E-state index contributed by atoms with van der Waals surface area (Å²) >= 11 is 5.58. The summed E-state index contributed by atoms with van der Waals surface area (Å²) in [5, 5.41) is 14.2. The maximum Gasteiger partial charge on any atom is 0.313 e. The van der Waals surface area contributed by atoms with Crippen molar-refractivity contribution in [3.63, 3.8) is 0 Å². The van der Waals surface area contributed by atoms with Crippen molar-refractivity contribution in [1.29, 1.82) is 0 Å². The highest BCUT2D eigenvalue weighted by atomic mass is 35.5. The van der Waals surface area contributed by atoms with E-state index in [0.717, 1.165) is 18.9 Å². The van der Waals surface area contributed by atoms with E-state index in [1.807, 2.05) is 0 Å². The molecule has 0 aromatic heterocycles. The zero-order valence-electron chi connectivity index (χ0n) is 11.2. The number of hydrogen-bond acceptors (Lipinski definition) is 3. The minimum atomic E-state index is -0.862. The van der Waals surface area contributed by atoms with Gasteiger partial charge >= 0.3 is 11.8 Å². The molecule has 1 saturated carbocycles. The van der Waals surface area contributed by atoms with Gasteiger partial charge in [-0.1, -0.05) is 11.6 Å². The van der Waals surface area contributed by atoms with Gasteiger partial charge in [0.15, 0.2) is 0 Å². The topological polar surface area (TPSA) is 78.4 Å². The molecule has 1 aliphatic carbocycles. The van der Waals surface area contributed by atoms with E-state index in [1.54, 1.807) is 0 Å². The van der Waals surface area contributed by atoms with Gasteiger partial charge in [-0.05, 0) is 43.4 Å². The molecule has 0 radical (unpaired) electrons. The van der Waals surface area contributed by atoms with Crippen molar-refractivity contribution in [3.8, 4) is 0 Å². The minimum absolute atomic E-state index is 0.138. The molecule has 2 amide bonds. The molecular formula is C14H16ClFN2O3. The van der Waals surface area contributed by atoms with Crippen molar-refractivity contribution in [2.45, 2.75) is 25.4 Å². The normalized spacial score (nSPS) is 15.4. The van der Waals surface area contributed by atoms with E-state index in [-0.39, 0.29) is 17.3 Å². The third kappa shape index (κ3) is 4.68. The number of nitrogens with one attached hydrogen (secondary N) is 2. The highest BCUT2D eigenvalue weighted by Crippen LogP contribution is 2.33. The van der Waals surface area contributed by atoms with Crippen LogP contribution in [0.1, 0.15) is 19.3 Å². The summed E-state index contributed by atoms with van der Waals surface area (Å²) in [7, 11) is 0. The molecule has 3 N–H and O–H groups in total. The number of amides is 2. The van der Waals surface area contributed by atoms with E-state index < -0.39 is 23.7 Å². The molecule has 0 bridgehead atoms. The molecule has 5 nitrogen and oxygen atoms in total. The molecule has 0 unspecified atom stereocenters. The first-order valence-electron chi connectivity index (χ1n) is 6.69. The van der Waals surface area contributed by atoms with Gasteiger partial charge in [-0.2, -0.15) is 0 Å². The minimum Gasteiger partial charge on any atom is -0.393 e. The van der Waals surface area contributed by atoms with Gasteiger partial charge in [-0.25, -0.2) is 4.39 Å². The SMILES string of the molecule is O=C(NCC[C@@H](O)C1CC1)C(=O)Nc1ccc(F)c(Cl)c1. The molecule has 1 aromatic rings. The molecule has 0 spiro atoms. The van der Waals surface area contributed by atoms with Crippen LogP contribution < -0.4 is 10.6 Å². The fourth-order valence-corrected chi connectivity index (χ4v) is 2.07. The van der Waals surface area contributed by atoms with Gasteiger partial charge < -0.3 is 15.7 Å². The maximum absolute atomic E-state index is 13.0. The van der Waals surface area contributed by atoms with E-state index in [9.17, 15) is 19.1 Å². The quantitative estimate of drug-likeness (QED) is 0.724. The summed E-state index contributed by atoms with van der Waals surface area (Å²) in [5.74, 6) is -1.94. The summed E-state index contributed by atoms with van der Waals surface area (Å²) in [4.78, 5) is 23.2. The lowest BCUT2D eigenvalue weighted by molar-refractivity contribution is -0.136. The van der Waals surface area contributed by atoms with Gasteiger partial charge in [-0.15, -0.1) is 0 Å². The van der Waals surface area contributed by atoms with Gasteiger partial charge in [0.2, 0.25) is 0 Å². The molecule has 114 valence electrons. The van der Waals surface area contributed by atoms with E-state index in [2.05, 4.69) is 10.6 Å². The van der Waals surface area contributed by atoms with Gasteiger partial charge in [0, 0.05) is 12.2 Å². The number of halogens is 2. The van der Waals surface area contributed by atoms with Gasteiger partial charge in [-0.3, -0.25) is 9.59 Å². The highest BCUT2D eigenvalue weighted by Gasteiger charge is 2.29. The van der Waals surface area contributed by atoms with Crippen molar-refractivity contribution >= 4 is 29.1 Å². The van der Waals surface area contributed by atoms with Crippen LogP contribution >= 0.6 is 11.6 Å². The zero-order valence-corrected chi connectivity index (χ0v) is 12.0. The Hall–Kier alpha value is -1.66. The van der Waals surface area contributed by atoms with Crippen LogP contribution in [0.25, 0.3) is 0 Å². The van der Waals surface area contributed by atoms with Crippen LogP contribution in [0, 0.1) is 11.7 Å². The Morgan fingerprint density at radius 2 is 2.10 bits per heavy atom. The average molecular weight is 315 g/mol. The number of aliphatic hydroxyl groups is 1. The first-order valence-corrected chi connectivity index (χ1v) is 7.07. The third-order valence-corrected chi connectivity index (χ3v) is 3.57. The summed E-state index contributed by atoms with van der Waals surface area (Å²) in [6.07, 6.45) is 2.03. The van der Waals surface area contributed by atoms with E-state index in [1.165, 1.54) is 12.1 Å². The number of benzene rings is 1. The lowest BCUT2D eigenvalue weighted by atomic mass is 10.2. The van der Waals surface area contributed by atoms with Crippen molar-refractivity contribution in [1.82, 2.24) is 5.32 Å². The molecule has 1 fully saturated rings. The van der Waals surface area contributed by atoms with Crippen LogP contribution in [0.5, 0.6) is 0 Å². The fraction of sp³-hybridized carbons (Fsp3) is 0.429. The van der Waals surface area contributed by atoms with Crippen molar-refractivity contribution < 1.29 is 19.1 Å². The standard InChI is InChI=1S/C14H16ClFN2O3/c15-10-7-9(3-4-11(10)16)18-14(21)13(20)17-6-5-12(19)8-1-2-8/h3-4,7-8,12,19H,1-2,5-6H2,(H,17,20)(H,18,21)/t12-/m1/s1. The predicted octanol–water partition coefficient (Wildman–Crippen LogP) is 1.69. The fourth-order valence-electron chi connectivity index (χ4n) is 1.89. The second-order valence-electron chi connectivity index (χ2n) is 5.03. The smallest absolute Gasteiger partial charge is 0.313 e. The van der Waals surface area contributed by atoms with Crippen LogP contribution in [0.2, 0.25) is 5.02 Å². The Balaban J connectivity index is 1.76. The Morgan fingerprint density at radius 1 is 1.38 bits per heavy atom. The van der Waals surface area contributed by atoms with Crippen molar-refractivity contribution in [3.05, 3.63) is 29.0 Å². The largest absolute Gasteiger partial charge is 0.393 e. The average Bonchev–Trinajstić information content (AvgIpc) is 3.27. The third-order valence-electron chi connectivity index (χ3n) is 3.28. The van der Waals surface area contributed by atoms with Gasteiger partial charge in [0.1, 0.15) is 5.82 Å². The monoisotopic (exact) mass is 314 g/mol. The maximum atomic E-state index is 13.0. The van der Waals surface area contributed by atoms with Crippen LogP contribution in [-0.4, -0.2) is 29.6 Å². The second kappa shape index (κ2) is 6.87. The first kappa shape index (κ1) is 15.7. The number of carbonyl (C=O) groups is 2.